The minimum atomic E-state index is 0.565. The number of anilines is 1. The maximum absolute atomic E-state index is 5.99. The first kappa shape index (κ1) is 12.0. The fourth-order valence-electron chi connectivity index (χ4n) is 1.08. The van der Waals surface area contributed by atoms with E-state index in [4.69, 9.17) is 17.3 Å². The van der Waals surface area contributed by atoms with Crippen LogP contribution in [-0.2, 0) is 0 Å². The summed E-state index contributed by atoms with van der Waals surface area (Å²) in [7, 11) is 0. The minimum absolute atomic E-state index is 0.565. The van der Waals surface area contributed by atoms with E-state index in [2.05, 4.69) is 4.98 Å². The van der Waals surface area contributed by atoms with Crippen molar-refractivity contribution in [3.63, 3.8) is 0 Å². The molecule has 2 nitrogen and oxygen atoms in total. The Kier molecular flexibility index (Phi) is 4.59. The standard InChI is InChI=1S/C9H7ClN2S.C2H6/c10-7-4-2-1-3-6(7)8-5-13-9(11)12-8;1-2/h1-5H,(H2,11,12);1-2H3. The second-order valence-corrected chi connectivity index (χ2v) is 3.85. The van der Waals surface area contributed by atoms with Crippen LogP contribution in [0.15, 0.2) is 29.6 Å². The molecule has 15 heavy (non-hydrogen) atoms. The SMILES string of the molecule is CC.Nc1nc(-c2ccccc2Cl)cs1. The van der Waals surface area contributed by atoms with Gasteiger partial charge in [0.25, 0.3) is 0 Å². The number of nitrogens with two attached hydrogens (primary N) is 1. The third-order valence-electron chi connectivity index (χ3n) is 1.67. The summed E-state index contributed by atoms with van der Waals surface area (Å²) in [6.45, 7) is 4.00. The van der Waals surface area contributed by atoms with Gasteiger partial charge < -0.3 is 5.73 Å². The zero-order valence-corrected chi connectivity index (χ0v) is 10.3. The summed E-state index contributed by atoms with van der Waals surface area (Å²) in [6, 6.07) is 7.58. The van der Waals surface area contributed by atoms with Crippen molar-refractivity contribution in [2.75, 3.05) is 5.73 Å². The zero-order chi connectivity index (χ0) is 11.3. The Hall–Kier alpha value is -1.06. The number of aromatic nitrogens is 1. The highest BCUT2D eigenvalue weighted by Gasteiger charge is 2.05. The molecule has 2 aromatic rings. The number of hydrogen-bond acceptors (Lipinski definition) is 3. The quantitative estimate of drug-likeness (QED) is 0.816. The van der Waals surface area contributed by atoms with Gasteiger partial charge in [-0.2, -0.15) is 0 Å². The molecular formula is C11H13ClN2S. The molecule has 0 radical (unpaired) electrons. The number of nitrogens with zero attached hydrogens (tertiary/aromatic N) is 1. The summed E-state index contributed by atoms with van der Waals surface area (Å²) in [5.74, 6) is 0. The molecule has 0 atom stereocenters. The molecule has 0 bridgehead atoms. The summed E-state index contributed by atoms with van der Waals surface area (Å²) < 4.78 is 0. The van der Waals surface area contributed by atoms with Crippen molar-refractivity contribution in [1.82, 2.24) is 4.98 Å². The van der Waals surface area contributed by atoms with Gasteiger partial charge in [-0.1, -0.05) is 43.6 Å². The van der Waals surface area contributed by atoms with E-state index in [1.165, 1.54) is 11.3 Å². The highest BCUT2D eigenvalue weighted by molar-refractivity contribution is 7.13. The normalized spacial score (nSPS) is 9.27. The van der Waals surface area contributed by atoms with Crippen molar-refractivity contribution in [2.24, 2.45) is 0 Å². The van der Waals surface area contributed by atoms with Gasteiger partial charge in [0.1, 0.15) is 0 Å². The molecule has 2 N–H and O–H groups in total. The lowest BCUT2D eigenvalue weighted by molar-refractivity contribution is 1.41. The number of hydrogen-bond donors (Lipinski definition) is 1. The van der Waals surface area contributed by atoms with Gasteiger partial charge in [-0.15, -0.1) is 11.3 Å². The molecule has 1 heterocycles. The van der Waals surface area contributed by atoms with Crippen LogP contribution in [0.3, 0.4) is 0 Å². The Morgan fingerprint density at radius 1 is 1.27 bits per heavy atom. The van der Waals surface area contributed by atoms with Crippen molar-refractivity contribution in [3.05, 3.63) is 34.7 Å². The summed E-state index contributed by atoms with van der Waals surface area (Å²) in [5, 5.41) is 3.17. The van der Waals surface area contributed by atoms with Crippen molar-refractivity contribution < 1.29 is 0 Å². The van der Waals surface area contributed by atoms with Crippen LogP contribution in [0.4, 0.5) is 5.13 Å². The molecule has 0 saturated heterocycles. The van der Waals surface area contributed by atoms with E-state index in [0.717, 1.165) is 11.3 Å². The molecule has 0 aliphatic carbocycles. The molecule has 0 amide bonds. The lowest BCUT2D eigenvalue weighted by atomic mass is 10.2. The van der Waals surface area contributed by atoms with Gasteiger partial charge in [-0.3, -0.25) is 0 Å². The lowest BCUT2D eigenvalue weighted by Crippen LogP contribution is -1.83. The van der Waals surface area contributed by atoms with Crippen LogP contribution < -0.4 is 5.73 Å². The molecule has 80 valence electrons. The second kappa shape index (κ2) is 5.73. The predicted molar refractivity (Wildman–Crippen MR) is 68.3 cm³/mol. The second-order valence-electron chi connectivity index (χ2n) is 2.55. The average molecular weight is 241 g/mol. The maximum Gasteiger partial charge on any atom is 0.180 e. The third-order valence-corrected chi connectivity index (χ3v) is 2.68. The van der Waals surface area contributed by atoms with Crippen LogP contribution in [0, 0.1) is 0 Å². The molecule has 0 saturated carbocycles. The highest BCUT2D eigenvalue weighted by Crippen LogP contribution is 2.28. The number of thiazole rings is 1. The topological polar surface area (TPSA) is 38.9 Å². The summed E-state index contributed by atoms with van der Waals surface area (Å²) in [6.07, 6.45) is 0. The van der Waals surface area contributed by atoms with Gasteiger partial charge in [0.2, 0.25) is 0 Å². The van der Waals surface area contributed by atoms with Gasteiger partial charge in [0, 0.05) is 16.0 Å². The fraction of sp³-hybridized carbons (Fsp3) is 0.182. The number of nitrogen functional groups attached to an aromatic ring is 1. The Morgan fingerprint density at radius 2 is 1.93 bits per heavy atom. The van der Waals surface area contributed by atoms with E-state index in [0.29, 0.717) is 10.2 Å². The van der Waals surface area contributed by atoms with E-state index in [1.807, 2.05) is 43.5 Å². The van der Waals surface area contributed by atoms with Gasteiger partial charge in [-0.25, -0.2) is 4.98 Å². The van der Waals surface area contributed by atoms with Gasteiger partial charge in [0.15, 0.2) is 5.13 Å². The van der Waals surface area contributed by atoms with E-state index >= 15 is 0 Å². The van der Waals surface area contributed by atoms with Crippen molar-refractivity contribution in [1.29, 1.82) is 0 Å². The van der Waals surface area contributed by atoms with E-state index in [-0.39, 0.29) is 0 Å². The average Bonchev–Trinajstić information content (AvgIpc) is 2.68. The van der Waals surface area contributed by atoms with E-state index in [1.54, 1.807) is 0 Å². The van der Waals surface area contributed by atoms with Crippen LogP contribution in [-0.4, -0.2) is 4.98 Å². The number of halogens is 1. The van der Waals surface area contributed by atoms with Crippen molar-refractivity contribution in [3.8, 4) is 11.3 Å². The van der Waals surface area contributed by atoms with Crippen LogP contribution >= 0.6 is 22.9 Å². The van der Waals surface area contributed by atoms with Gasteiger partial charge in [0.05, 0.1) is 5.69 Å². The lowest BCUT2D eigenvalue weighted by Gasteiger charge is -1.97. The van der Waals surface area contributed by atoms with Crippen LogP contribution in [0.5, 0.6) is 0 Å². The Balaban J connectivity index is 0.000000531. The molecule has 0 unspecified atom stereocenters. The molecule has 0 fully saturated rings. The Morgan fingerprint density at radius 3 is 2.47 bits per heavy atom. The first-order valence-corrected chi connectivity index (χ1v) is 5.99. The Labute approximate surface area is 98.7 Å². The van der Waals surface area contributed by atoms with E-state index < -0.39 is 0 Å². The maximum atomic E-state index is 5.99. The predicted octanol–water partition coefficient (Wildman–Crippen LogP) is 4.07. The molecule has 0 aliphatic rings. The highest BCUT2D eigenvalue weighted by atomic mass is 35.5. The minimum Gasteiger partial charge on any atom is -0.375 e. The summed E-state index contributed by atoms with van der Waals surface area (Å²) in [4.78, 5) is 4.15. The molecule has 1 aromatic heterocycles. The van der Waals surface area contributed by atoms with Crippen LogP contribution in [0.25, 0.3) is 11.3 Å². The van der Waals surface area contributed by atoms with Crippen molar-refractivity contribution >= 4 is 28.1 Å². The smallest absolute Gasteiger partial charge is 0.180 e. The molecule has 1 aromatic carbocycles. The van der Waals surface area contributed by atoms with Gasteiger partial charge in [-0.05, 0) is 6.07 Å². The molecule has 0 aliphatic heterocycles. The zero-order valence-electron chi connectivity index (χ0n) is 8.70. The first-order chi connectivity index (χ1) is 7.27. The summed E-state index contributed by atoms with van der Waals surface area (Å²) >= 11 is 7.41. The molecule has 0 spiro atoms. The van der Waals surface area contributed by atoms with Crippen molar-refractivity contribution in [2.45, 2.75) is 13.8 Å². The first-order valence-electron chi connectivity index (χ1n) is 4.73. The van der Waals surface area contributed by atoms with E-state index in [9.17, 15) is 0 Å². The van der Waals surface area contributed by atoms with Gasteiger partial charge >= 0.3 is 0 Å². The molecule has 2 rings (SSSR count). The molecular weight excluding hydrogens is 228 g/mol. The largest absolute Gasteiger partial charge is 0.375 e. The molecule has 4 heteroatoms. The van der Waals surface area contributed by atoms with Crippen LogP contribution in [0.2, 0.25) is 5.02 Å². The number of benzene rings is 1. The Bertz CT molecular complexity index is 426. The third kappa shape index (κ3) is 2.94. The summed E-state index contributed by atoms with van der Waals surface area (Å²) in [5.41, 5.74) is 7.30. The monoisotopic (exact) mass is 240 g/mol. The van der Waals surface area contributed by atoms with Crippen LogP contribution in [0.1, 0.15) is 13.8 Å². The number of rotatable bonds is 1. The fourth-order valence-corrected chi connectivity index (χ4v) is 1.88.